The zero-order valence-electron chi connectivity index (χ0n) is 19.5. The molecule has 3 saturated heterocycles. The van der Waals surface area contributed by atoms with Gasteiger partial charge < -0.3 is 14.3 Å². The van der Waals surface area contributed by atoms with Crippen molar-refractivity contribution in [3.05, 3.63) is 93.2 Å². The van der Waals surface area contributed by atoms with Crippen LogP contribution < -0.4 is 0 Å². The number of carbonyl (C=O) groups excluding carboxylic acids is 1. The van der Waals surface area contributed by atoms with Crippen LogP contribution in [0.3, 0.4) is 0 Å². The van der Waals surface area contributed by atoms with Gasteiger partial charge >= 0.3 is 5.97 Å². The maximum absolute atomic E-state index is 13.8. The van der Waals surface area contributed by atoms with Gasteiger partial charge in [0.05, 0.1) is 26.2 Å². The minimum Gasteiger partial charge on any atom is -0.456 e. The van der Waals surface area contributed by atoms with Crippen molar-refractivity contribution in [1.29, 1.82) is 0 Å². The molecule has 1 aromatic heterocycles. The highest BCUT2D eigenvalue weighted by Crippen LogP contribution is 2.45. The summed E-state index contributed by atoms with van der Waals surface area (Å²) >= 11 is 1.85. The Morgan fingerprint density at radius 2 is 1.53 bits per heavy atom. The first-order valence-electron chi connectivity index (χ1n) is 12.5. The molecule has 4 nitrogen and oxygen atoms in total. The van der Waals surface area contributed by atoms with E-state index in [9.17, 15) is 9.90 Å². The van der Waals surface area contributed by atoms with Crippen molar-refractivity contribution in [3.8, 4) is 0 Å². The fourth-order valence-corrected chi connectivity index (χ4v) is 7.21. The van der Waals surface area contributed by atoms with Gasteiger partial charge in [0, 0.05) is 41.7 Å². The molecule has 2 aromatic carbocycles. The van der Waals surface area contributed by atoms with Gasteiger partial charge in [0.1, 0.15) is 5.60 Å². The third-order valence-corrected chi connectivity index (χ3v) is 9.50. The predicted octanol–water partition coefficient (Wildman–Crippen LogP) is 4.82. The van der Waals surface area contributed by atoms with Gasteiger partial charge in [-0.3, -0.25) is 0 Å². The van der Waals surface area contributed by atoms with E-state index in [0.717, 1.165) is 67.3 Å². The molecular formula is C29H32NO3S+. The van der Waals surface area contributed by atoms with Crippen LogP contribution in [0, 0.1) is 0 Å². The third kappa shape index (κ3) is 3.62. The fraction of sp³-hybridized carbons (Fsp3) is 0.414. The van der Waals surface area contributed by atoms with E-state index >= 15 is 0 Å². The standard InChI is InChI=1S/C29H32NO3S/c31-27(29(32)25-11-3-1-7-22(25)21-23-8-2-4-12-26(23)29)33-28-13-17-30(18-14-28,19-15-28)16-5-9-24-10-6-20-34-24/h1-4,6-8,10-12,20,32H,5,9,13-19,21H2/q+1. The summed E-state index contributed by atoms with van der Waals surface area (Å²) in [7, 11) is 0. The molecule has 1 N–H and O–H groups in total. The number of esters is 1. The molecule has 0 amide bonds. The molecule has 4 aliphatic rings. The van der Waals surface area contributed by atoms with Gasteiger partial charge in [-0.25, -0.2) is 4.79 Å². The van der Waals surface area contributed by atoms with Gasteiger partial charge in [-0.15, -0.1) is 11.3 Å². The number of ether oxygens (including phenoxy) is 1. The lowest BCUT2D eigenvalue weighted by molar-refractivity contribution is -0.944. The Morgan fingerprint density at radius 1 is 0.912 bits per heavy atom. The Bertz CT molecular complexity index is 1130. The van der Waals surface area contributed by atoms with Crippen LogP contribution in [0.4, 0.5) is 0 Å². The minimum atomic E-state index is -1.75. The van der Waals surface area contributed by atoms with E-state index in [1.807, 2.05) is 59.9 Å². The van der Waals surface area contributed by atoms with Crippen LogP contribution in [-0.2, 0) is 28.0 Å². The van der Waals surface area contributed by atoms with Crippen molar-refractivity contribution in [1.82, 2.24) is 0 Å². The summed E-state index contributed by atoms with van der Waals surface area (Å²) in [5.41, 5.74) is 1.13. The lowest BCUT2D eigenvalue weighted by Crippen LogP contribution is -2.66. The molecular weight excluding hydrogens is 442 g/mol. The number of rotatable bonds is 6. The van der Waals surface area contributed by atoms with E-state index in [1.54, 1.807) is 0 Å². The predicted molar refractivity (Wildman–Crippen MR) is 134 cm³/mol. The Labute approximate surface area is 205 Å². The minimum absolute atomic E-state index is 0.443. The number of thiophene rings is 1. The summed E-state index contributed by atoms with van der Waals surface area (Å²) in [6.45, 7) is 4.38. The molecule has 3 aromatic rings. The molecule has 0 unspecified atom stereocenters. The van der Waals surface area contributed by atoms with E-state index in [0.29, 0.717) is 11.1 Å². The molecule has 1 aliphatic carbocycles. The van der Waals surface area contributed by atoms with Gasteiger partial charge in [-0.05, 0) is 35.4 Å². The molecule has 2 bridgehead atoms. The molecule has 3 fully saturated rings. The fourth-order valence-electron chi connectivity index (χ4n) is 6.46. The number of quaternary nitrogens is 1. The van der Waals surface area contributed by atoms with E-state index in [1.165, 1.54) is 17.8 Å². The van der Waals surface area contributed by atoms with Crippen molar-refractivity contribution < 1.29 is 19.1 Å². The first kappa shape index (κ1) is 22.0. The zero-order valence-corrected chi connectivity index (χ0v) is 20.4. The summed E-state index contributed by atoms with van der Waals surface area (Å²) in [5.74, 6) is -0.508. The van der Waals surface area contributed by atoms with Crippen LogP contribution in [0.2, 0.25) is 0 Å². The molecule has 34 heavy (non-hydrogen) atoms. The summed E-state index contributed by atoms with van der Waals surface area (Å²) in [4.78, 5) is 15.3. The maximum Gasteiger partial charge on any atom is 0.348 e. The summed E-state index contributed by atoms with van der Waals surface area (Å²) in [6, 6.07) is 19.9. The lowest BCUT2D eigenvalue weighted by Gasteiger charge is -2.54. The first-order chi connectivity index (χ1) is 16.5. The van der Waals surface area contributed by atoms with E-state index in [4.69, 9.17) is 4.74 Å². The van der Waals surface area contributed by atoms with Crippen molar-refractivity contribution in [3.63, 3.8) is 0 Å². The normalized spacial score (nSPS) is 26.5. The lowest BCUT2D eigenvalue weighted by atomic mass is 9.74. The topological polar surface area (TPSA) is 46.5 Å². The van der Waals surface area contributed by atoms with Crippen molar-refractivity contribution in [2.75, 3.05) is 26.2 Å². The summed E-state index contributed by atoms with van der Waals surface area (Å²) < 4.78 is 7.49. The van der Waals surface area contributed by atoms with Crippen LogP contribution in [0.5, 0.6) is 0 Å². The molecule has 0 radical (unpaired) electrons. The molecule has 0 saturated carbocycles. The molecule has 3 aliphatic heterocycles. The van der Waals surface area contributed by atoms with E-state index in [2.05, 4.69) is 17.5 Å². The van der Waals surface area contributed by atoms with Gasteiger partial charge in [-0.2, -0.15) is 0 Å². The third-order valence-electron chi connectivity index (χ3n) is 8.56. The highest BCUT2D eigenvalue weighted by atomic mass is 32.1. The number of fused-ring (bicyclic) bond motifs is 5. The van der Waals surface area contributed by atoms with Gasteiger partial charge in [0.2, 0.25) is 5.60 Å². The first-order valence-corrected chi connectivity index (χ1v) is 13.4. The second kappa shape index (κ2) is 8.33. The molecule has 4 heterocycles. The number of carbonyl (C=O) groups is 1. The van der Waals surface area contributed by atoms with Gasteiger partial charge in [-0.1, -0.05) is 54.6 Å². The number of piperidine rings is 3. The second-order valence-corrected chi connectivity index (χ2v) is 11.5. The van der Waals surface area contributed by atoms with Crippen molar-refractivity contribution in [2.45, 2.75) is 49.7 Å². The maximum atomic E-state index is 13.8. The molecule has 0 atom stereocenters. The number of hydrogen-bond acceptors (Lipinski definition) is 4. The average Bonchev–Trinajstić information content (AvgIpc) is 3.39. The van der Waals surface area contributed by atoms with E-state index < -0.39 is 17.2 Å². The van der Waals surface area contributed by atoms with E-state index in [-0.39, 0.29) is 0 Å². The number of aliphatic hydroxyl groups is 1. The van der Waals surface area contributed by atoms with Crippen LogP contribution in [-0.4, -0.2) is 47.3 Å². The van der Waals surface area contributed by atoms with Crippen LogP contribution >= 0.6 is 11.3 Å². The van der Waals surface area contributed by atoms with Crippen molar-refractivity contribution in [2.24, 2.45) is 0 Å². The highest BCUT2D eigenvalue weighted by Gasteiger charge is 2.55. The van der Waals surface area contributed by atoms with Crippen molar-refractivity contribution >= 4 is 17.3 Å². The number of benzene rings is 2. The Morgan fingerprint density at radius 3 is 2.12 bits per heavy atom. The van der Waals surface area contributed by atoms with Gasteiger partial charge in [0.15, 0.2) is 0 Å². The largest absolute Gasteiger partial charge is 0.456 e. The molecule has 176 valence electrons. The Kier molecular flexibility index (Phi) is 5.40. The number of aryl methyl sites for hydroxylation is 1. The number of nitrogens with zero attached hydrogens (tertiary/aromatic N) is 1. The second-order valence-electron chi connectivity index (χ2n) is 10.4. The highest BCUT2D eigenvalue weighted by molar-refractivity contribution is 7.09. The summed E-state index contributed by atoms with van der Waals surface area (Å²) in [6.07, 6.45) is 5.74. The average molecular weight is 475 g/mol. The molecule has 7 rings (SSSR count). The Hall–Kier alpha value is -2.47. The monoisotopic (exact) mass is 474 g/mol. The number of hydrogen-bond donors (Lipinski definition) is 1. The molecule has 0 spiro atoms. The van der Waals surface area contributed by atoms with Crippen LogP contribution in [0.1, 0.15) is 52.8 Å². The van der Waals surface area contributed by atoms with Gasteiger partial charge in [0.25, 0.3) is 0 Å². The summed E-state index contributed by atoms with van der Waals surface area (Å²) in [5, 5.41) is 14.1. The van der Waals surface area contributed by atoms with Crippen LogP contribution in [0.15, 0.2) is 66.0 Å². The zero-order chi connectivity index (χ0) is 23.2. The Balaban J connectivity index is 1.19. The van der Waals surface area contributed by atoms with Crippen LogP contribution in [0.25, 0.3) is 0 Å². The quantitative estimate of drug-likeness (QED) is 0.412. The SMILES string of the molecule is O=C(OC12CC[N+](CCCc3cccs3)(CC1)CC2)C1(O)c2ccccc2Cc2ccccc21. The smallest absolute Gasteiger partial charge is 0.348 e. The molecule has 5 heteroatoms.